The summed E-state index contributed by atoms with van der Waals surface area (Å²) in [6.07, 6.45) is 0.355. The smallest absolute Gasteiger partial charge is 0.308 e. The molecule has 2 aromatic rings. The topological polar surface area (TPSA) is 64.9 Å². The number of halogens is 1. The zero-order valence-corrected chi connectivity index (χ0v) is 12.2. The lowest BCUT2D eigenvalue weighted by atomic mass is 10.1. The Hall–Kier alpha value is -2.51. The van der Waals surface area contributed by atoms with Gasteiger partial charge in [-0.2, -0.15) is 5.26 Å². The van der Waals surface area contributed by atoms with Crippen LogP contribution in [0.1, 0.15) is 11.1 Å². The summed E-state index contributed by atoms with van der Waals surface area (Å²) < 4.78 is 0. The van der Waals surface area contributed by atoms with E-state index in [1.165, 1.54) is 0 Å². The number of nitrogens with one attached hydrogen (secondary N) is 2. The molecule has 0 atom stereocenters. The van der Waals surface area contributed by atoms with Gasteiger partial charge in [-0.25, -0.2) is 4.79 Å². The molecule has 0 aliphatic rings. The van der Waals surface area contributed by atoms with E-state index in [9.17, 15) is 4.79 Å². The Morgan fingerprint density at radius 2 is 1.76 bits per heavy atom. The van der Waals surface area contributed by atoms with E-state index in [0.29, 0.717) is 22.8 Å². The predicted octanol–water partition coefficient (Wildman–Crippen LogP) is 4.36. The number of hydrogen-bond donors (Lipinski definition) is 2. The minimum atomic E-state index is -0.344. The van der Waals surface area contributed by atoms with Crippen LogP contribution in [0.15, 0.2) is 42.5 Å². The summed E-state index contributed by atoms with van der Waals surface area (Å²) in [4.78, 5) is 11.9. The van der Waals surface area contributed by atoms with E-state index in [1.807, 2.05) is 25.1 Å². The van der Waals surface area contributed by atoms with Gasteiger partial charge in [-0.05, 0) is 42.3 Å². The van der Waals surface area contributed by atoms with E-state index < -0.39 is 0 Å². The highest BCUT2D eigenvalue weighted by atomic mass is 35.5. The molecule has 0 aliphatic heterocycles. The molecule has 21 heavy (non-hydrogen) atoms. The van der Waals surface area contributed by atoms with Gasteiger partial charge in [0, 0.05) is 16.4 Å². The van der Waals surface area contributed by atoms with Crippen molar-refractivity contribution in [3.8, 4) is 6.07 Å². The fourth-order valence-electron chi connectivity index (χ4n) is 1.76. The Morgan fingerprint density at radius 1 is 1.14 bits per heavy atom. The highest BCUT2D eigenvalue weighted by molar-refractivity contribution is 6.31. The average Bonchev–Trinajstić information content (AvgIpc) is 2.45. The van der Waals surface area contributed by atoms with Crippen LogP contribution < -0.4 is 10.6 Å². The summed E-state index contributed by atoms with van der Waals surface area (Å²) in [7, 11) is 0. The first kappa shape index (κ1) is 14.9. The quantitative estimate of drug-likeness (QED) is 0.884. The zero-order chi connectivity index (χ0) is 15.2. The van der Waals surface area contributed by atoms with Gasteiger partial charge >= 0.3 is 6.03 Å². The summed E-state index contributed by atoms with van der Waals surface area (Å²) in [5, 5.41) is 14.6. The molecule has 0 saturated carbocycles. The van der Waals surface area contributed by atoms with E-state index >= 15 is 0 Å². The van der Waals surface area contributed by atoms with Crippen molar-refractivity contribution in [2.75, 3.05) is 10.6 Å². The molecule has 106 valence electrons. The van der Waals surface area contributed by atoms with E-state index in [1.54, 1.807) is 24.3 Å². The summed E-state index contributed by atoms with van der Waals surface area (Å²) >= 11 is 6.01. The SMILES string of the molecule is Cc1ccc(NC(=O)Nc2ccc(CC#N)cc2)cc1Cl. The molecule has 0 radical (unpaired) electrons. The van der Waals surface area contributed by atoms with Gasteiger partial charge in [-0.3, -0.25) is 0 Å². The summed E-state index contributed by atoms with van der Waals surface area (Å²) in [6.45, 7) is 1.90. The van der Waals surface area contributed by atoms with Crippen molar-refractivity contribution in [1.82, 2.24) is 0 Å². The Bertz CT molecular complexity index is 690. The highest BCUT2D eigenvalue weighted by Crippen LogP contribution is 2.20. The minimum Gasteiger partial charge on any atom is -0.308 e. The second-order valence-electron chi connectivity index (χ2n) is 4.57. The molecule has 0 unspecified atom stereocenters. The number of nitrogens with zero attached hydrogens (tertiary/aromatic N) is 1. The molecule has 0 heterocycles. The number of aryl methyl sites for hydroxylation is 1. The number of amides is 2. The Kier molecular flexibility index (Phi) is 4.81. The lowest BCUT2D eigenvalue weighted by Crippen LogP contribution is -2.19. The molecule has 2 rings (SSSR count). The maximum atomic E-state index is 11.9. The molecule has 2 N–H and O–H groups in total. The molecular weight excluding hydrogens is 286 g/mol. The van der Waals surface area contributed by atoms with E-state index in [2.05, 4.69) is 16.7 Å². The summed E-state index contributed by atoms with van der Waals surface area (Å²) in [6, 6.07) is 14.2. The third-order valence-corrected chi connectivity index (χ3v) is 3.33. The maximum absolute atomic E-state index is 11.9. The largest absolute Gasteiger partial charge is 0.323 e. The van der Waals surface area contributed by atoms with Crippen LogP contribution in [0.4, 0.5) is 16.2 Å². The number of urea groups is 1. The molecule has 5 heteroatoms. The van der Waals surface area contributed by atoms with Crippen molar-refractivity contribution in [3.63, 3.8) is 0 Å². The third kappa shape index (κ3) is 4.23. The number of benzene rings is 2. The molecule has 2 amide bonds. The van der Waals surface area contributed by atoms with Crippen molar-refractivity contribution in [2.24, 2.45) is 0 Å². The fraction of sp³-hybridized carbons (Fsp3) is 0.125. The molecule has 0 aromatic heterocycles. The first-order valence-electron chi connectivity index (χ1n) is 6.38. The van der Waals surface area contributed by atoms with Crippen LogP contribution in [-0.2, 0) is 6.42 Å². The average molecular weight is 300 g/mol. The number of anilines is 2. The molecule has 0 saturated heterocycles. The molecule has 0 fully saturated rings. The standard InChI is InChI=1S/C16H14ClN3O/c1-11-2-5-14(10-15(11)17)20-16(21)19-13-6-3-12(4-7-13)8-9-18/h2-7,10H,8H2,1H3,(H2,19,20,21). The Morgan fingerprint density at radius 3 is 2.38 bits per heavy atom. The first-order chi connectivity index (χ1) is 10.1. The lowest BCUT2D eigenvalue weighted by molar-refractivity contribution is 0.262. The number of carbonyl (C=O) groups excluding carboxylic acids is 1. The van der Waals surface area contributed by atoms with Crippen molar-refractivity contribution in [2.45, 2.75) is 13.3 Å². The summed E-state index contributed by atoms with van der Waals surface area (Å²) in [5.74, 6) is 0. The highest BCUT2D eigenvalue weighted by Gasteiger charge is 2.04. The van der Waals surface area contributed by atoms with Crippen molar-refractivity contribution >= 4 is 29.0 Å². The van der Waals surface area contributed by atoms with Crippen molar-refractivity contribution < 1.29 is 4.79 Å². The van der Waals surface area contributed by atoms with Crippen LogP contribution in [0.2, 0.25) is 5.02 Å². The molecule has 0 spiro atoms. The molecule has 0 aliphatic carbocycles. The second-order valence-corrected chi connectivity index (χ2v) is 4.98. The van der Waals surface area contributed by atoms with E-state index in [-0.39, 0.29) is 6.03 Å². The van der Waals surface area contributed by atoms with Crippen LogP contribution >= 0.6 is 11.6 Å². The molecule has 2 aromatic carbocycles. The molecule has 4 nitrogen and oxygen atoms in total. The Balaban J connectivity index is 1.98. The number of nitriles is 1. The number of carbonyl (C=O) groups is 1. The van der Waals surface area contributed by atoms with Gasteiger partial charge < -0.3 is 10.6 Å². The van der Waals surface area contributed by atoms with Gasteiger partial charge in [0.1, 0.15) is 0 Å². The van der Waals surface area contributed by atoms with E-state index in [4.69, 9.17) is 16.9 Å². The number of rotatable bonds is 3. The van der Waals surface area contributed by atoms with Gasteiger partial charge in [0.2, 0.25) is 0 Å². The van der Waals surface area contributed by atoms with Gasteiger partial charge in [-0.15, -0.1) is 0 Å². The van der Waals surface area contributed by atoms with Crippen molar-refractivity contribution in [3.05, 3.63) is 58.6 Å². The first-order valence-corrected chi connectivity index (χ1v) is 6.76. The van der Waals surface area contributed by atoms with Crippen LogP contribution in [0.25, 0.3) is 0 Å². The van der Waals surface area contributed by atoms with E-state index in [0.717, 1.165) is 11.1 Å². The number of hydrogen-bond acceptors (Lipinski definition) is 2. The normalized spacial score (nSPS) is 9.76. The van der Waals surface area contributed by atoms with Crippen LogP contribution in [-0.4, -0.2) is 6.03 Å². The lowest BCUT2D eigenvalue weighted by Gasteiger charge is -2.09. The minimum absolute atomic E-state index is 0.344. The second kappa shape index (κ2) is 6.78. The van der Waals surface area contributed by atoms with Gasteiger partial charge in [0.05, 0.1) is 12.5 Å². The maximum Gasteiger partial charge on any atom is 0.323 e. The van der Waals surface area contributed by atoms with Crippen molar-refractivity contribution in [1.29, 1.82) is 5.26 Å². The third-order valence-electron chi connectivity index (χ3n) is 2.92. The molecule has 0 bridgehead atoms. The van der Waals surface area contributed by atoms with Crippen LogP contribution in [0, 0.1) is 18.3 Å². The zero-order valence-electron chi connectivity index (χ0n) is 11.5. The fourth-order valence-corrected chi connectivity index (χ4v) is 1.94. The predicted molar refractivity (Wildman–Crippen MR) is 84.6 cm³/mol. The monoisotopic (exact) mass is 299 g/mol. The Labute approximate surface area is 128 Å². The summed E-state index contributed by atoms with van der Waals surface area (Å²) in [5.41, 5.74) is 3.15. The van der Waals surface area contributed by atoms with Gasteiger partial charge in [0.15, 0.2) is 0 Å². The molecular formula is C16H14ClN3O. The van der Waals surface area contributed by atoms with Gasteiger partial charge in [0.25, 0.3) is 0 Å². The van der Waals surface area contributed by atoms with Gasteiger partial charge in [-0.1, -0.05) is 29.8 Å². The van der Waals surface area contributed by atoms with Crippen LogP contribution in [0.3, 0.4) is 0 Å². The van der Waals surface area contributed by atoms with Crippen LogP contribution in [0.5, 0.6) is 0 Å².